The molecule has 1 saturated carbocycles. The summed E-state index contributed by atoms with van der Waals surface area (Å²) < 4.78 is 0. The van der Waals surface area contributed by atoms with Crippen molar-refractivity contribution in [1.82, 2.24) is 10.2 Å². The molecular weight excluding hydrogens is 222 g/mol. The molecule has 4 nitrogen and oxygen atoms in total. The maximum atomic E-state index is 8.96. The Morgan fingerprint density at radius 2 is 2.19 bits per heavy atom. The minimum absolute atomic E-state index is 0.287. The maximum Gasteiger partial charge on any atom is 0.205 e. The van der Waals surface area contributed by atoms with Gasteiger partial charge in [0.25, 0.3) is 0 Å². The van der Waals surface area contributed by atoms with Crippen molar-refractivity contribution in [2.75, 3.05) is 18.5 Å². The van der Waals surface area contributed by atoms with Gasteiger partial charge >= 0.3 is 0 Å². The molecular formula is C11H19N3OS. The van der Waals surface area contributed by atoms with Gasteiger partial charge in [-0.25, -0.2) is 0 Å². The second kappa shape index (κ2) is 4.67. The summed E-state index contributed by atoms with van der Waals surface area (Å²) in [4.78, 5) is 0. The van der Waals surface area contributed by atoms with Gasteiger partial charge in [0, 0.05) is 19.1 Å². The van der Waals surface area contributed by atoms with Crippen molar-refractivity contribution in [2.45, 2.75) is 39.0 Å². The number of nitrogens with one attached hydrogen (secondary N) is 1. The molecule has 1 aliphatic carbocycles. The number of nitrogens with zero attached hydrogens (tertiary/aromatic N) is 2. The molecule has 1 aliphatic rings. The number of hydrogen-bond donors (Lipinski definition) is 2. The van der Waals surface area contributed by atoms with Gasteiger partial charge in [-0.2, -0.15) is 0 Å². The van der Waals surface area contributed by atoms with Crippen LogP contribution in [0.4, 0.5) is 5.13 Å². The standard InChI is InChI=1S/C11H19N3OS/c1-8(2)9-13-14-10(16-9)12-7-11(3-4-11)5-6-15/h8,15H,3-7H2,1-2H3,(H,12,14). The first-order valence-corrected chi connectivity index (χ1v) is 6.65. The Kier molecular flexibility index (Phi) is 3.44. The molecule has 1 fully saturated rings. The van der Waals surface area contributed by atoms with Crippen LogP contribution in [0, 0.1) is 5.41 Å². The Labute approximate surface area is 100 Å². The second-order valence-electron chi connectivity index (χ2n) is 4.93. The van der Waals surface area contributed by atoms with Gasteiger partial charge in [0.2, 0.25) is 5.13 Å². The highest BCUT2D eigenvalue weighted by Crippen LogP contribution is 2.48. The van der Waals surface area contributed by atoms with E-state index in [0.29, 0.717) is 11.3 Å². The van der Waals surface area contributed by atoms with Crippen molar-refractivity contribution in [2.24, 2.45) is 5.41 Å². The summed E-state index contributed by atoms with van der Waals surface area (Å²) in [7, 11) is 0. The largest absolute Gasteiger partial charge is 0.396 e. The zero-order valence-electron chi connectivity index (χ0n) is 9.86. The van der Waals surface area contributed by atoms with Gasteiger partial charge in [-0.1, -0.05) is 25.2 Å². The molecule has 2 N–H and O–H groups in total. The molecule has 0 bridgehead atoms. The van der Waals surface area contributed by atoms with Gasteiger partial charge < -0.3 is 10.4 Å². The van der Waals surface area contributed by atoms with Crippen LogP contribution >= 0.6 is 11.3 Å². The number of aromatic nitrogens is 2. The Balaban J connectivity index is 1.85. The Morgan fingerprint density at radius 1 is 1.44 bits per heavy atom. The molecule has 90 valence electrons. The number of anilines is 1. The third-order valence-corrected chi connectivity index (χ3v) is 4.33. The fraction of sp³-hybridized carbons (Fsp3) is 0.818. The molecule has 1 heterocycles. The third-order valence-electron chi connectivity index (χ3n) is 3.15. The van der Waals surface area contributed by atoms with Crippen LogP contribution in [-0.4, -0.2) is 28.5 Å². The summed E-state index contributed by atoms with van der Waals surface area (Å²) in [6.07, 6.45) is 3.34. The highest BCUT2D eigenvalue weighted by atomic mass is 32.1. The van der Waals surface area contributed by atoms with Gasteiger partial charge in [0.1, 0.15) is 5.01 Å². The number of hydrogen-bond acceptors (Lipinski definition) is 5. The van der Waals surface area contributed by atoms with Crippen LogP contribution in [0.1, 0.15) is 44.0 Å². The Morgan fingerprint density at radius 3 is 2.69 bits per heavy atom. The molecule has 2 rings (SSSR count). The highest BCUT2D eigenvalue weighted by Gasteiger charge is 2.41. The highest BCUT2D eigenvalue weighted by molar-refractivity contribution is 7.15. The summed E-state index contributed by atoms with van der Waals surface area (Å²) in [5.74, 6) is 0.445. The molecule has 0 atom stereocenters. The fourth-order valence-corrected chi connectivity index (χ4v) is 2.47. The van der Waals surface area contributed by atoms with Crippen molar-refractivity contribution in [1.29, 1.82) is 0 Å². The van der Waals surface area contributed by atoms with Crippen LogP contribution in [0.15, 0.2) is 0 Å². The van der Waals surface area contributed by atoms with Crippen molar-refractivity contribution in [3.63, 3.8) is 0 Å². The molecule has 0 radical (unpaired) electrons. The van der Waals surface area contributed by atoms with E-state index in [2.05, 4.69) is 29.4 Å². The number of aliphatic hydroxyl groups excluding tert-OH is 1. The van der Waals surface area contributed by atoms with Crippen LogP contribution in [0.5, 0.6) is 0 Å². The van der Waals surface area contributed by atoms with E-state index in [0.717, 1.165) is 23.1 Å². The Hall–Kier alpha value is -0.680. The van der Waals surface area contributed by atoms with E-state index in [1.165, 1.54) is 12.8 Å². The first kappa shape index (κ1) is 11.8. The quantitative estimate of drug-likeness (QED) is 0.802. The number of rotatable bonds is 6. The molecule has 0 aliphatic heterocycles. The van der Waals surface area contributed by atoms with E-state index in [1.807, 2.05) is 0 Å². The van der Waals surface area contributed by atoms with Crippen LogP contribution in [0.2, 0.25) is 0 Å². The van der Waals surface area contributed by atoms with Crippen LogP contribution in [0.3, 0.4) is 0 Å². The van der Waals surface area contributed by atoms with E-state index in [4.69, 9.17) is 5.11 Å². The van der Waals surface area contributed by atoms with Crippen LogP contribution in [0.25, 0.3) is 0 Å². The third kappa shape index (κ3) is 2.71. The van der Waals surface area contributed by atoms with E-state index < -0.39 is 0 Å². The summed E-state index contributed by atoms with van der Waals surface area (Å²) in [5, 5.41) is 22.6. The first-order chi connectivity index (χ1) is 7.65. The average molecular weight is 241 g/mol. The summed E-state index contributed by atoms with van der Waals surface area (Å²) in [6.45, 7) is 5.45. The normalized spacial score (nSPS) is 17.8. The molecule has 16 heavy (non-hydrogen) atoms. The zero-order chi connectivity index (χ0) is 11.6. The van der Waals surface area contributed by atoms with Crippen molar-refractivity contribution in [3.05, 3.63) is 5.01 Å². The Bertz CT molecular complexity index is 347. The molecule has 0 saturated heterocycles. The topological polar surface area (TPSA) is 58.0 Å². The predicted molar refractivity (Wildman–Crippen MR) is 65.9 cm³/mol. The lowest BCUT2D eigenvalue weighted by Gasteiger charge is -2.13. The smallest absolute Gasteiger partial charge is 0.205 e. The van der Waals surface area contributed by atoms with Crippen LogP contribution in [-0.2, 0) is 0 Å². The average Bonchev–Trinajstić information content (AvgIpc) is 2.84. The van der Waals surface area contributed by atoms with Gasteiger partial charge in [-0.3, -0.25) is 0 Å². The lowest BCUT2D eigenvalue weighted by molar-refractivity contribution is 0.253. The lowest BCUT2D eigenvalue weighted by Crippen LogP contribution is -2.16. The minimum atomic E-state index is 0.287. The SMILES string of the molecule is CC(C)c1nnc(NCC2(CCO)CC2)s1. The monoisotopic (exact) mass is 241 g/mol. The van der Waals surface area contributed by atoms with Crippen molar-refractivity contribution in [3.8, 4) is 0 Å². The number of aliphatic hydroxyl groups is 1. The molecule has 1 aromatic heterocycles. The van der Waals surface area contributed by atoms with Crippen molar-refractivity contribution >= 4 is 16.5 Å². The van der Waals surface area contributed by atoms with E-state index in [1.54, 1.807) is 11.3 Å². The maximum absolute atomic E-state index is 8.96. The van der Waals surface area contributed by atoms with Gasteiger partial charge in [0.15, 0.2) is 0 Å². The predicted octanol–water partition coefficient (Wildman–Crippen LogP) is 2.24. The van der Waals surface area contributed by atoms with Gasteiger partial charge in [-0.05, 0) is 24.7 Å². The van der Waals surface area contributed by atoms with E-state index in [9.17, 15) is 0 Å². The van der Waals surface area contributed by atoms with Gasteiger partial charge in [-0.15, -0.1) is 10.2 Å². The first-order valence-electron chi connectivity index (χ1n) is 5.83. The van der Waals surface area contributed by atoms with E-state index >= 15 is 0 Å². The summed E-state index contributed by atoms with van der Waals surface area (Å²) >= 11 is 1.63. The molecule has 0 aromatic carbocycles. The van der Waals surface area contributed by atoms with Crippen LogP contribution < -0.4 is 5.32 Å². The molecule has 5 heteroatoms. The zero-order valence-corrected chi connectivity index (χ0v) is 10.7. The summed E-state index contributed by atoms with van der Waals surface area (Å²) in [6, 6.07) is 0. The molecule has 0 unspecified atom stereocenters. The lowest BCUT2D eigenvalue weighted by atomic mass is 10.0. The minimum Gasteiger partial charge on any atom is -0.396 e. The molecule has 1 aromatic rings. The summed E-state index contributed by atoms with van der Waals surface area (Å²) in [5.41, 5.74) is 0.332. The van der Waals surface area contributed by atoms with Crippen molar-refractivity contribution < 1.29 is 5.11 Å². The fourth-order valence-electron chi connectivity index (χ4n) is 1.73. The second-order valence-corrected chi connectivity index (χ2v) is 5.94. The molecule has 0 spiro atoms. The van der Waals surface area contributed by atoms with E-state index in [-0.39, 0.29) is 6.61 Å². The van der Waals surface area contributed by atoms with Gasteiger partial charge in [0.05, 0.1) is 0 Å². The molecule has 0 amide bonds.